The second kappa shape index (κ2) is 10.4. The maximum atomic E-state index is 11.6. The third kappa shape index (κ3) is 6.03. The number of nitrogens with one attached hydrogen (secondary N) is 1. The van der Waals surface area contributed by atoms with Crippen LogP contribution in [0.4, 0.5) is 17.6 Å². The molecule has 1 aliphatic rings. The zero-order valence-corrected chi connectivity index (χ0v) is 18.9. The summed E-state index contributed by atoms with van der Waals surface area (Å²) in [6.45, 7) is 7.59. The highest BCUT2D eigenvalue weighted by atomic mass is 16.5. The minimum Gasteiger partial charge on any atom is -0.457 e. The van der Waals surface area contributed by atoms with Gasteiger partial charge in [0.2, 0.25) is 11.9 Å². The second-order valence-electron chi connectivity index (χ2n) is 7.89. The number of aromatic nitrogens is 3. The fraction of sp³-hybridized carbons (Fsp3) is 0.333. The van der Waals surface area contributed by atoms with Gasteiger partial charge in [0.15, 0.2) is 5.78 Å². The fourth-order valence-electron chi connectivity index (χ4n) is 3.63. The van der Waals surface area contributed by atoms with Gasteiger partial charge in [0.05, 0.1) is 6.61 Å². The first-order chi connectivity index (χ1) is 16.0. The third-order valence-corrected chi connectivity index (χ3v) is 5.39. The van der Waals surface area contributed by atoms with E-state index in [9.17, 15) is 4.79 Å². The number of rotatable bonds is 8. The molecule has 1 saturated heterocycles. The van der Waals surface area contributed by atoms with Gasteiger partial charge in [-0.2, -0.15) is 15.0 Å². The van der Waals surface area contributed by atoms with Crippen molar-refractivity contribution < 1.29 is 14.6 Å². The van der Waals surface area contributed by atoms with Crippen molar-refractivity contribution in [3.05, 3.63) is 59.9 Å². The summed E-state index contributed by atoms with van der Waals surface area (Å²) in [6, 6.07) is 14.6. The molecule has 4 rings (SSSR count). The smallest absolute Gasteiger partial charge is 0.232 e. The number of ketones is 1. The van der Waals surface area contributed by atoms with Gasteiger partial charge in [-0.25, -0.2) is 0 Å². The van der Waals surface area contributed by atoms with Crippen LogP contribution in [0.2, 0.25) is 0 Å². The Morgan fingerprint density at radius 3 is 2.48 bits per heavy atom. The lowest BCUT2D eigenvalue weighted by Gasteiger charge is -2.34. The predicted molar refractivity (Wildman–Crippen MR) is 127 cm³/mol. The van der Waals surface area contributed by atoms with Crippen molar-refractivity contribution in [3.63, 3.8) is 0 Å². The first-order valence-corrected chi connectivity index (χ1v) is 11.0. The van der Waals surface area contributed by atoms with Gasteiger partial charge in [0.1, 0.15) is 17.3 Å². The number of piperazine rings is 1. The molecule has 2 N–H and O–H groups in total. The predicted octanol–water partition coefficient (Wildman–Crippen LogP) is 3.03. The van der Waals surface area contributed by atoms with E-state index in [1.54, 1.807) is 18.2 Å². The Hall–Kier alpha value is -3.56. The molecule has 0 saturated carbocycles. The normalized spacial score (nSPS) is 14.2. The number of β-amino-alcohol motifs (C(OH)–C–C–N with tert-alkyl or cyclic N) is 1. The number of nitrogens with zero attached hydrogens (tertiary/aromatic N) is 5. The third-order valence-electron chi connectivity index (χ3n) is 5.39. The Balaban J connectivity index is 1.41. The second-order valence-corrected chi connectivity index (χ2v) is 7.89. The Morgan fingerprint density at radius 2 is 1.79 bits per heavy atom. The summed E-state index contributed by atoms with van der Waals surface area (Å²) in [4.78, 5) is 29.5. The molecule has 0 aliphatic carbocycles. The monoisotopic (exact) mass is 448 g/mol. The van der Waals surface area contributed by atoms with Crippen LogP contribution in [0.3, 0.4) is 0 Å². The summed E-state index contributed by atoms with van der Waals surface area (Å²) in [6.07, 6.45) is 0. The van der Waals surface area contributed by atoms with Gasteiger partial charge in [0, 0.05) is 44.0 Å². The Morgan fingerprint density at radius 1 is 1.03 bits per heavy atom. The lowest BCUT2D eigenvalue weighted by molar-refractivity contribution is 0.101. The Labute approximate surface area is 193 Å². The zero-order valence-electron chi connectivity index (χ0n) is 18.9. The van der Waals surface area contributed by atoms with Crippen LogP contribution in [0.15, 0.2) is 48.5 Å². The number of hydrogen-bond acceptors (Lipinski definition) is 9. The molecule has 0 amide bonds. The number of hydrogen-bond donors (Lipinski definition) is 2. The van der Waals surface area contributed by atoms with Gasteiger partial charge in [-0.15, -0.1) is 0 Å². The molecule has 9 heteroatoms. The number of aryl methyl sites for hydroxylation is 1. The van der Waals surface area contributed by atoms with Gasteiger partial charge in [-0.1, -0.05) is 12.1 Å². The molecule has 9 nitrogen and oxygen atoms in total. The van der Waals surface area contributed by atoms with Crippen molar-refractivity contribution in [2.45, 2.75) is 13.8 Å². The van der Waals surface area contributed by atoms with Crippen LogP contribution in [0.25, 0.3) is 0 Å². The van der Waals surface area contributed by atoms with Gasteiger partial charge < -0.3 is 20.1 Å². The van der Waals surface area contributed by atoms with E-state index in [0.717, 1.165) is 31.9 Å². The molecule has 0 spiro atoms. The SMILES string of the molecule is CC(=O)c1cccc(Oc2ccc(Nc3nc(C)nc(N4CCN(CCO)CC4)n3)cc2)c1. The molecule has 172 valence electrons. The van der Waals surface area contributed by atoms with E-state index in [-0.39, 0.29) is 12.4 Å². The summed E-state index contributed by atoms with van der Waals surface area (Å²) in [5.74, 6) is 3.05. The number of benzene rings is 2. The average molecular weight is 449 g/mol. The van der Waals surface area contributed by atoms with E-state index in [0.29, 0.717) is 41.3 Å². The summed E-state index contributed by atoms with van der Waals surface area (Å²) >= 11 is 0. The van der Waals surface area contributed by atoms with Crippen molar-refractivity contribution in [1.29, 1.82) is 0 Å². The summed E-state index contributed by atoms with van der Waals surface area (Å²) < 4.78 is 5.87. The first kappa shape index (κ1) is 22.6. The lowest BCUT2D eigenvalue weighted by atomic mass is 10.1. The molecule has 1 fully saturated rings. The van der Waals surface area contributed by atoms with E-state index in [4.69, 9.17) is 9.84 Å². The number of carbonyl (C=O) groups excluding carboxylic acids is 1. The zero-order chi connectivity index (χ0) is 23.2. The molecule has 1 aliphatic heterocycles. The summed E-state index contributed by atoms with van der Waals surface area (Å²) in [5, 5.41) is 12.4. The Kier molecular flexibility index (Phi) is 7.11. The minimum absolute atomic E-state index is 0.000879. The fourth-order valence-corrected chi connectivity index (χ4v) is 3.63. The summed E-state index contributed by atoms with van der Waals surface area (Å²) in [5.41, 5.74) is 1.44. The van der Waals surface area contributed by atoms with Gasteiger partial charge in [-0.05, 0) is 50.2 Å². The maximum absolute atomic E-state index is 11.6. The number of ether oxygens (including phenoxy) is 1. The van der Waals surface area contributed by atoms with Gasteiger partial charge in [0.25, 0.3) is 0 Å². The van der Waals surface area contributed by atoms with Crippen LogP contribution in [0, 0.1) is 6.92 Å². The number of anilines is 3. The van der Waals surface area contributed by atoms with Gasteiger partial charge in [-0.3, -0.25) is 9.69 Å². The topological polar surface area (TPSA) is 104 Å². The van der Waals surface area contributed by atoms with E-state index >= 15 is 0 Å². The number of aliphatic hydroxyl groups is 1. The van der Waals surface area contributed by atoms with Crippen molar-refractivity contribution in [2.75, 3.05) is 49.5 Å². The molecule has 0 bridgehead atoms. The quantitative estimate of drug-likeness (QED) is 0.503. The lowest BCUT2D eigenvalue weighted by Crippen LogP contribution is -2.47. The van der Waals surface area contributed by atoms with E-state index in [2.05, 4.69) is 30.1 Å². The molecule has 3 aromatic rings. The molecule has 0 atom stereocenters. The standard InChI is InChI=1S/C24H28N6O3/c1-17(32)19-4-3-5-22(16-19)33-21-8-6-20(7-9-21)27-23-25-18(2)26-24(28-23)30-12-10-29(11-13-30)14-15-31/h3-9,16,31H,10-15H2,1-2H3,(H,25,26,27,28). The van der Waals surface area contributed by atoms with E-state index in [1.165, 1.54) is 6.92 Å². The molecular weight excluding hydrogens is 420 g/mol. The molecule has 2 aromatic carbocycles. The highest BCUT2D eigenvalue weighted by Gasteiger charge is 2.19. The van der Waals surface area contributed by atoms with Crippen LogP contribution >= 0.6 is 0 Å². The highest BCUT2D eigenvalue weighted by molar-refractivity contribution is 5.94. The van der Waals surface area contributed by atoms with Crippen molar-refractivity contribution in [3.8, 4) is 11.5 Å². The summed E-state index contributed by atoms with van der Waals surface area (Å²) in [7, 11) is 0. The van der Waals surface area contributed by atoms with Crippen molar-refractivity contribution >= 4 is 23.4 Å². The van der Waals surface area contributed by atoms with Crippen LogP contribution in [-0.4, -0.2) is 70.1 Å². The van der Waals surface area contributed by atoms with Crippen LogP contribution in [0.5, 0.6) is 11.5 Å². The van der Waals surface area contributed by atoms with E-state index in [1.807, 2.05) is 37.3 Å². The molecule has 33 heavy (non-hydrogen) atoms. The molecule has 0 unspecified atom stereocenters. The van der Waals surface area contributed by atoms with Crippen LogP contribution in [0.1, 0.15) is 23.1 Å². The molecule has 2 heterocycles. The highest BCUT2D eigenvalue weighted by Crippen LogP contribution is 2.25. The first-order valence-electron chi connectivity index (χ1n) is 11.0. The van der Waals surface area contributed by atoms with Crippen molar-refractivity contribution in [1.82, 2.24) is 19.9 Å². The largest absolute Gasteiger partial charge is 0.457 e. The van der Waals surface area contributed by atoms with Crippen molar-refractivity contribution in [2.24, 2.45) is 0 Å². The van der Waals surface area contributed by atoms with Crippen LogP contribution < -0.4 is 15.0 Å². The van der Waals surface area contributed by atoms with Gasteiger partial charge >= 0.3 is 0 Å². The van der Waals surface area contributed by atoms with Crippen LogP contribution in [-0.2, 0) is 0 Å². The number of aliphatic hydroxyl groups excluding tert-OH is 1. The molecular formula is C24H28N6O3. The maximum Gasteiger partial charge on any atom is 0.232 e. The molecule has 0 radical (unpaired) electrons. The minimum atomic E-state index is -0.000879. The Bertz CT molecular complexity index is 1100. The number of carbonyl (C=O) groups is 1. The average Bonchev–Trinajstić information content (AvgIpc) is 2.81. The molecule has 1 aromatic heterocycles. The van der Waals surface area contributed by atoms with E-state index < -0.39 is 0 Å². The number of Topliss-reactive ketones (excluding diaryl/α,β-unsaturated/α-hetero) is 1.